The first-order valence-corrected chi connectivity index (χ1v) is 13.1. The van der Waals surface area contributed by atoms with Crippen molar-refractivity contribution in [2.75, 3.05) is 26.2 Å². The summed E-state index contributed by atoms with van der Waals surface area (Å²) in [5, 5.41) is 2.95. The maximum absolute atomic E-state index is 13.1. The summed E-state index contributed by atoms with van der Waals surface area (Å²) in [7, 11) is -3.58. The van der Waals surface area contributed by atoms with E-state index in [2.05, 4.69) is 22.3 Å². The molecular formula is C25H33N3O3S. The molecule has 2 aliphatic heterocycles. The molecule has 2 fully saturated rings. The van der Waals surface area contributed by atoms with Gasteiger partial charge in [0, 0.05) is 31.7 Å². The molecular weight excluding hydrogens is 422 g/mol. The second kappa shape index (κ2) is 10.1. The van der Waals surface area contributed by atoms with Gasteiger partial charge < -0.3 is 5.32 Å². The maximum atomic E-state index is 13.1. The van der Waals surface area contributed by atoms with Crippen LogP contribution in [0.25, 0.3) is 0 Å². The Balaban J connectivity index is 1.43. The van der Waals surface area contributed by atoms with Gasteiger partial charge in [0.25, 0.3) is 5.91 Å². The number of likely N-dealkylation sites (tertiary alicyclic amines) is 1. The van der Waals surface area contributed by atoms with Crippen molar-refractivity contribution in [3.05, 3.63) is 64.7 Å². The Morgan fingerprint density at radius 3 is 2.34 bits per heavy atom. The monoisotopic (exact) mass is 455 g/mol. The van der Waals surface area contributed by atoms with Gasteiger partial charge in [-0.05, 0) is 74.5 Å². The van der Waals surface area contributed by atoms with E-state index in [1.54, 1.807) is 23.4 Å². The normalized spacial score (nSPS) is 18.0. The zero-order valence-electron chi connectivity index (χ0n) is 18.8. The molecule has 2 saturated heterocycles. The Morgan fingerprint density at radius 2 is 1.59 bits per heavy atom. The molecule has 0 spiro atoms. The minimum atomic E-state index is -3.58. The lowest BCUT2D eigenvalue weighted by atomic mass is 10.1. The van der Waals surface area contributed by atoms with Crippen LogP contribution in [0.1, 0.15) is 59.2 Å². The van der Waals surface area contributed by atoms with Crippen LogP contribution >= 0.6 is 0 Å². The Labute approximate surface area is 191 Å². The lowest BCUT2D eigenvalue weighted by molar-refractivity contribution is 0.0950. The molecule has 32 heavy (non-hydrogen) atoms. The van der Waals surface area contributed by atoms with E-state index < -0.39 is 10.0 Å². The minimum Gasteiger partial charge on any atom is -0.348 e. The van der Waals surface area contributed by atoms with Crippen LogP contribution in [0.4, 0.5) is 0 Å². The minimum absolute atomic E-state index is 0.236. The van der Waals surface area contributed by atoms with Crippen LogP contribution in [0.5, 0.6) is 0 Å². The number of carbonyl (C=O) groups excluding carboxylic acids is 1. The lowest BCUT2D eigenvalue weighted by Gasteiger charge is -2.26. The van der Waals surface area contributed by atoms with Gasteiger partial charge in [0.05, 0.1) is 4.90 Å². The first-order chi connectivity index (χ1) is 15.4. The molecule has 2 aromatic carbocycles. The number of benzene rings is 2. The zero-order chi connectivity index (χ0) is 22.6. The molecule has 0 atom stereocenters. The summed E-state index contributed by atoms with van der Waals surface area (Å²) in [6.45, 7) is 6.53. The highest BCUT2D eigenvalue weighted by Crippen LogP contribution is 2.24. The molecule has 0 radical (unpaired) electrons. The lowest BCUT2D eigenvalue weighted by Crippen LogP contribution is -2.36. The van der Waals surface area contributed by atoms with Gasteiger partial charge in [-0.25, -0.2) is 8.42 Å². The largest absolute Gasteiger partial charge is 0.348 e. The fraction of sp³-hybridized carbons (Fsp3) is 0.480. The van der Waals surface area contributed by atoms with Gasteiger partial charge in [-0.1, -0.05) is 36.8 Å². The van der Waals surface area contributed by atoms with E-state index in [0.29, 0.717) is 30.8 Å². The van der Waals surface area contributed by atoms with Gasteiger partial charge in [0.1, 0.15) is 0 Å². The Hall–Kier alpha value is -2.22. The van der Waals surface area contributed by atoms with E-state index in [9.17, 15) is 13.2 Å². The molecule has 0 bridgehead atoms. The van der Waals surface area contributed by atoms with Crippen LogP contribution in [0.3, 0.4) is 0 Å². The SMILES string of the molecule is Cc1ccc(C(=O)NCc2cccc(CN3CCCC3)c2)cc1S(=O)(=O)N1CCCCC1. The van der Waals surface area contributed by atoms with E-state index in [4.69, 9.17) is 0 Å². The van der Waals surface area contributed by atoms with Crippen molar-refractivity contribution in [1.29, 1.82) is 0 Å². The average Bonchev–Trinajstić information content (AvgIpc) is 3.31. The van der Waals surface area contributed by atoms with E-state index in [1.807, 2.05) is 12.1 Å². The number of amides is 1. The number of aryl methyl sites for hydroxylation is 1. The van der Waals surface area contributed by atoms with Gasteiger partial charge in [-0.2, -0.15) is 4.31 Å². The van der Waals surface area contributed by atoms with Crippen LogP contribution in [0.15, 0.2) is 47.4 Å². The van der Waals surface area contributed by atoms with Gasteiger partial charge in [0.15, 0.2) is 0 Å². The maximum Gasteiger partial charge on any atom is 0.251 e. The molecule has 2 heterocycles. The first kappa shape index (κ1) is 23.0. The van der Waals surface area contributed by atoms with Gasteiger partial charge in [-0.3, -0.25) is 9.69 Å². The van der Waals surface area contributed by atoms with Crippen molar-refractivity contribution in [2.24, 2.45) is 0 Å². The highest BCUT2D eigenvalue weighted by Gasteiger charge is 2.28. The highest BCUT2D eigenvalue weighted by atomic mass is 32.2. The molecule has 6 nitrogen and oxygen atoms in total. The van der Waals surface area contributed by atoms with Crippen molar-refractivity contribution < 1.29 is 13.2 Å². The summed E-state index contributed by atoms with van der Waals surface area (Å²) < 4.78 is 27.8. The van der Waals surface area contributed by atoms with Gasteiger partial charge in [-0.15, -0.1) is 0 Å². The standard InChI is InChI=1S/C25H33N3O3S/c1-20-10-11-23(17-24(20)32(30,31)28-14-3-2-4-15-28)25(29)26-18-21-8-7-9-22(16-21)19-27-12-5-6-13-27/h7-11,16-17H,2-6,12-15,18-19H2,1H3,(H,26,29). The number of piperidine rings is 1. The van der Waals surface area contributed by atoms with Gasteiger partial charge >= 0.3 is 0 Å². The molecule has 1 N–H and O–H groups in total. The smallest absolute Gasteiger partial charge is 0.251 e. The quantitative estimate of drug-likeness (QED) is 0.691. The molecule has 2 aromatic rings. The fourth-order valence-corrected chi connectivity index (χ4v) is 6.35. The number of hydrogen-bond donors (Lipinski definition) is 1. The Morgan fingerprint density at radius 1 is 0.906 bits per heavy atom. The zero-order valence-corrected chi connectivity index (χ0v) is 19.7. The molecule has 0 unspecified atom stereocenters. The summed E-state index contributed by atoms with van der Waals surface area (Å²) in [4.78, 5) is 15.5. The third-order valence-corrected chi connectivity index (χ3v) is 8.47. The summed E-state index contributed by atoms with van der Waals surface area (Å²) >= 11 is 0. The third kappa shape index (κ3) is 5.39. The predicted octanol–water partition coefficient (Wildman–Crippen LogP) is 3.70. The van der Waals surface area contributed by atoms with Crippen LogP contribution in [-0.2, 0) is 23.1 Å². The number of nitrogens with zero attached hydrogens (tertiary/aromatic N) is 2. The third-order valence-electron chi connectivity index (χ3n) is 6.43. The highest BCUT2D eigenvalue weighted by molar-refractivity contribution is 7.89. The summed E-state index contributed by atoms with van der Waals surface area (Å²) in [5.74, 6) is -0.259. The Bertz CT molecular complexity index is 1060. The summed E-state index contributed by atoms with van der Waals surface area (Å²) in [6.07, 6.45) is 5.36. The molecule has 2 aliphatic rings. The van der Waals surface area contributed by atoms with Crippen molar-refractivity contribution >= 4 is 15.9 Å². The number of nitrogens with one attached hydrogen (secondary N) is 1. The Kier molecular flexibility index (Phi) is 7.28. The molecule has 1 amide bonds. The van der Waals surface area contributed by atoms with Crippen molar-refractivity contribution in [3.63, 3.8) is 0 Å². The predicted molar refractivity (Wildman–Crippen MR) is 126 cm³/mol. The second-order valence-electron chi connectivity index (χ2n) is 8.93. The van der Waals surface area contributed by atoms with E-state index in [0.717, 1.165) is 44.5 Å². The fourth-order valence-electron chi connectivity index (χ4n) is 4.58. The van der Waals surface area contributed by atoms with Crippen LogP contribution < -0.4 is 5.32 Å². The van der Waals surface area contributed by atoms with Crippen molar-refractivity contribution in [1.82, 2.24) is 14.5 Å². The molecule has 172 valence electrons. The van der Waals surface area contributed by atoms with Crippen LogP contribution in [0, 0.1) is 6.92 Å². The van der Waals surface area contributed by atoms with Crippen LogP contribution in [-0.4, -0.2) is 49.7 Å². The molecule has 0 aliphatic carbocycles. The van der Waals surface area contributed by atoms with E-state index in [1.165, 1.54) is 24.5 Å². The van der Waals surface area contributed by atoms with Crippen LogP contribution in [0.2, 0.25) is 0 Å². The van der Waals surface area contributed by atoms with Crippen molar-refractivity contribution in [2.45, 2.75) is 57.0 Å². The molecule has 7 heteroatoms. The van der Waals surface area contributed by atoms with E-state index in [-0.39, 0.29) is 10.8 Å². The summed E-state index contributed by atoms with van der Waals surface area (Å²) in [5.41, 5.74) is 3.34. The number of rotatable bonds is 7. The van der Waals surface area contributed by atoms with Crippen molar-refractivity contribution in [3.8, 4) is 0 Å². The first-order valence-electron chi connectivity index (χ1n) is 11.6. The molecule has 0 aromatic heterocycles. The van der Waals surface area contributed by atoms with E-state index >= 15 is 0 Å². The topological polar surface area (TPSA) is 69.7 Å². The summed E-state index contributed by atoms with van der Waals surface area (Å²) in [6, 6.07) is 13.3. The van der Waals surface area contributed by atoms with Gasteiger partial charge in [0.2, 0.25) is 10.0 Å². The number of hydrogen-bond acceptors (Lipinski definition) is 4. The molecule has 4 rings (SSSR count). The second-order valence-corrected chi connectivity index (χ2v) is 10.8. The average molecular weight is 456 g/mol. The number of carbonyl (C=O) groups is 1. The number of sulfonamides is 1. The molecule has 0 saturated carbocycles.